The van der Waals surface area contributed by atoms with E-state index in [9.17, 15) is 30.0 Å². The van der Waals surface area contributed by atoms with Crippen LogP contribution in [0.1, 0.15) is 72.2 Å². The zero-order valence-corrected chi connectivity index (χ0v) is 31.7. The van der Waals surface area contributed by atoms with Crippen molar-refractivity contribution in [3.63, 3.8) is 0 Å². The number of phenols is 2. The Labute approximate surface area is 315 Å². The van der Waals surface area contributed by atoms with E-state index >= 15 is 0 Å². The van der Waals surface area contributed by atoms with Crippen LogP contribution in [0.3, 0.4) is 0 Å². The molecule has 10 nitrogen and oxygen atoms in total. The molecule has 0 unspecified atom stereocenters. The number of anilines is 2. The van der Waals surface area contributed by atoms with Crippen LogP contribution in [0.15, 0.2) is 84.6 Å². The lowest BCUT2D eigenvalue weighted by Gasteiger charge is -2.29. The van der Waals surface area contributed by atoms with Gasteiger partial charge in [-0.05, 0) is 85.0 Å². The first-order valence-electron chi connectivity index (χ1n) is 17.9. The minimum absolute atomic E-state index is 0.0130. The number of rotatable bonds is 9. The number of allylic oxidation sites excluding steroid dienone is 4. The molecule has 6 rings (SSSR count). The molecular formula is C44H46N4O6. The van der Waals surface area contributed by atoms with Gasteiger partial charge in [0, 0.05) is 45.8 Å². The zero-order chi connectivity index (χ0) is 39.2. The van der Waals surface area contributed by atoms with Gasteiger partial charge >= 0.3 is 0 Å². The van der Waals surface area contributed by atoms with Crippen molar-refractivity contribution in [1.82, 2.24) is 10.9 Å². The molecule has 0 radical (unpaired) electrons. The van der Waals surface area contributed by atoms with E-state index in [1.165, 1.54) is 12.4 Å². The van der Waals surface area contributed by atoms with Crippen LogP contribution >= 0.6 is 0 Å². The molecule has 54 heavy (non-hydrogen) atoms. The fourth-order valence-electron chi connectivity index (χ4n) is 7.43. The van der Waals surface area contributed by atoms with Gasteiger partial charge in [-0.1, -0.05) is 76.2 Å². The number of carbonyl (C=O) groups is 2. The highest BCUT2D eigenvalue weighted by Gasteiger charge is 2.38. The second-order valence-electron chi connectivity index (χ2n) is 14.5. The molecular weight excluding hydrogens is 681 g/mol. The number of ketones is 2. The molecule has 0 amide bonds. The number of nitrogens with one attached hydrogen (secondary N) is 4. The largest absolute Gasteiger partial charge is 0.507 e. The molecule has 0 spiro atoms. The molecule has 0 heterocycles. The van der Waals surface area contributed by atoms with Gasteiger partial charge < -0.3 is 42.1 Å². The monoisotopic (exact) mass is 726 g/mol. The first-order chi connectivity index (χ1) is 25.6. The van der Waals surface area contributed by atoms with E-state index in [0.717, 1.165) is 22.5 Å². The van der Waals surface area contributed by atoms with Crippen LogP contribution < -0.4 is 21.7 Å². The molecule has 0 aromatic heterocycles. The Balaban J connectivity index is 1.57. The molecule has 2 aliphatic carbocycles. The van der Waals surface area contributed by atoms with Crippen LogP contribution in [0.25, 0.3) is 33.4 Å². The van der Waals surface area contributed by atoms with E-state index in [-0.39, 0.29) is 56.7 Å². The fraction of sp³-hybridized carbons (Fsp3) is 0.227. The summed E-state index contributed by atoms with van der Waals surface area (Å²) in [5.41, 5.74) is 19.3. The van der Waals surface area contributed by atoms with Crippen molar-refractivity contribution in [3.05, 3.63) is 129 Å². The van der Waals surface area contributed by atoms with Gasteiger partial charge in [0.2, 0.25) is 11.6 Å². The van der Waals surface area contributed by atoms with Crippen LogP contribution in [-0.4, -0.2) is 32.0 Å². The molecule has 0 aliphatic heterocycles. The van der Waals surface area contributed by atoms with Crippen molar-refractivity contribution in [2.75, 3.05) is 10.9 Å². The lowest BCUT2D eigenvalue weighted by atomic mass is 9.75. The molecule has 0 saturated heterocycles. The van der Waals surface area contributed by atoms with E-state index in [4.69, 9.17) is 0 Å². The number of aromatic hydroxyl groups is 2. The maximum Gasteiger partial charge on any atom is 0.229 e. The van der Waals surface area contributed by atoms with Crippen molar-refractivity contribution in [1.29, 1.82) is 0 Å². The molecule has 4 aromatic rings. The molecule has 0 bridgehead atoms. The number of carbonyl (C=O) groups excluding carboxylic acids is 2. The number of aliphatic hydroxyl groups excluding tert-OH is 2. The van der Waals surface area contributed by atoms with E-state index in [1.807, 2.05) is 90.1 Å². The number of benzene rings is 4. The number of aryl methyl sites for hydroxylation is 4. The smallest absolute Gasteiger partial charge is 0.229 e. The third-order valence-electron chi connectivity index (χ3n) is 10.1. The number of Topliss-reactive ketones (excluding diaryl/α,β-unsaturated/α-hetero) is 2. The minimum Gasteiger partial charge on any atom is -0.507 e. The maximum atomic E-state index is 13.9. The first-order valence-corrected chi connectivity index (χ1v) is 17.9. The Morgan fingerprint density at radius 1 is 0.519 bits per heavy atom. The predicted molar refractivity (Wildman–Crippen MR) is 215 cm³/mol. The average molecular weight is 727 g/mol. The summed E-state index contributed by atoms with van der Waals surface area (Å²) in [6.07, 6.45) is 2.82. The van der Waals surface area contributed by atoms with Crippen LogP contribution in [0.2, 0.25) is 0 Å². The first kappa shape index (κ1) is 37.3. The van der Waals surface area contributed by atoms with Crippen molar-refractivity contribution < 1.29 is 30.0 Å². The average Bonchev–Trinajstić information content (AvgIpc) is 3.11. The van der Waals surface area contributed by atoms with E-state index < -0.39 is 23.1 Å². The van der Waals surface area contributed by atoms with Crippen molar-refractivity contribution in [2.45, 2.75) is 55.4 Å². The summed E-state index contributed by atoms with van der Waals surface area (Å²) in [5.74, 6) is -3.27. The lowest BCUT2D eigenvalue weighted by Crippen LogP contribution is -2.23. The van der Waals surface area contributed by atoms with Gasteiger partial charge in [-0.3, -0.25) is 9.59 Å². The third-order valence-corrected chi connectivity index (χ3v) is 10.1. The summed E-state index contributed by atoms with van der Waals surface area (Å²) in [6.45, 7) is 14.9. The summed E-state index contributed by atoms with van der Waals surface area (Å²) in [5, 5.41) is 47.1. The number of hydrogen-bond donors (Lipinski definition) is 8. The number of aliphatic hydroxyl groups is 2. The number of phenolic OH excluding ortho intramolecular Hbond substituents is 2. The number of para-hydroxylation sites is 2. The summed E-state index contributed by atoms with van der Waals surface area (Å²) >= 11 is 0. The van der Waals surface area contributed by atoms with Crippen LogP contribution in [-0.2, 0) is 9.59 Å². The van der Waals surface area contributed by atoms with E-state index in [1.54, 1.807) is 26.0 Å². The Morgan fingerprint density at radius 2 is 0.870 bits per heavy atom. The highest BCUT2D eigenvalue weighted by atomic mass is 16.3. The lowest BCUT2D eigenvalue weighted by molar-refractivity contribution is -0.113. The maximum absolute atomic E-state index is 13.9. The predicted octanol–water partition coefficient (Wildman–Crippen LogP) is 8.93. The molecule has 10 heteroatoms. The second kappa shape index (κ2) is 14.5. The topological polar surface area (TPSA) is 163 Å². The van der Waals surface area contributed by atoms with Gasteiger partial charge in [0.15, 0.2) is 11.5 Å². The van der Waals surface area contributed by atoms with Gasteiger partial charge in [0.05, 0.1) is 22.5 Å². The Hall–Kier alpha value is -6.42. The number of hydrazine groups is 2. The quantitative estimate of drug-likeness (QED) is 0.0617. The molecule has 0 atom stereocenters. The van der Waals surface area contributed by atoms with Crippen LogP contribution in [0.4, 0.5) is 11.4 Å². The van der Waals surface area contributed by atoms with Crippen molar-refractivity contribution in [3.8, 4) is 22.6 Å². The molecule has 8 N–H and O–H groups in total. The molecule has 0 saturated carbocycles. The van der Waals surface area contributed by atoms with E-state index in [2.05, 4.69) is 21.7 Å². The molecule has 0 fully saturated rings. The Kier molecular flexibility index (Phi) is 10.1. The normalized spacial score (nSPS) is 15.7. The standard InChI is InChI=1S/C44H46N4O6/c1-21(2)33-27-17-25(7)35(41(51)37(27)29(39(49)43(33)53)19-45-47-31-15-11-9-13-23(31)5)36-26(8)18-28-34(22(3)4)44(54)40(50)30(38(28)42(36)52)20-46-48-32-16-12-10-14-24(32)6/h9-22,45-48,51-54H,1-8H3. The Bertz CT molecular complexity index is 2200. The van der Waals surface area contributed by atoms with Crippen molar-refractivity contribution >= 4 is 45.2 Å². The zero-order valence-electron chi connectivity index (χ0n) is 31.7. The highest BCUT2D eigenvalue weighted by Crippen LogP contribution is 2.53. The van der Waals surface area contributed by atoms with Crippen molar-refractivity contribution in [2.24, 2.45) is 11.8 Å². The summed E-state index contributed by atoms with van der Waals surface area (Å²) in [7, 11) is 0. The van der Waals surface area contributed by atoms with Gasteiger partial charge in [0.25, 0.3) is 0 Å². The number of hydrogen-bond acceptors (Lipinski definition) is 10. The molecule has 2 aliphatic rings. The van der Waals surface area contributed by atoms with Gasteiger partial charge in [-0.25, -0.2) is 0 Å². The molecule has 278 valence electrons. The third kappa shape index (κ3) is 6.33. The highest BCUT2D eigenvalue weighted by molar-refractivity contribution is 6.35. The van der Waals surface area contributed by atoms with Crippen LogP contribution in [0.5, 0.6) is 11.5 Å². The summed E-state index contributed by atoms with van der Waals surface area (Å²) < 4.78 is 0. The van der Waals surface area contributed by atoms with Gasteiger partial charge in [-0.15, -0.1) is 0 Å². The van der Waals surface area contributed by atoms with Gasteiger partial charge in [0.1, 0.15) is 11.5 Å². The number of fused-ring (bicyclic) bond motifs is 2. The minimum atomic E-state index is -0.674. The second-order valence-corrected chi connectivity index (χ2v) is 14.5. The molecule has 4 aromatic carbocycles. The van der Waals surface area contributed by atoms with E-state index in [0.29, 0.717) is 33.4 Å². The summed E-state index contributed by atoms with van der Waals surface area (Å²) in [4.78, 5) is 27.7. The Morgan fingerprint density at radius 3 is 1.20 bits per heavy atom. The van der Waals surface area contributed by atoms with Gasteiger partial charge in [-0.2, -0.15) is 0 Å². The SMILES string of the molecule is Cc1ccccc1NNC=C1C(=O)C(O)=C(C(C)C)c2cc(C)c(-c3c(C)cc4c(c3O)C(=CNNc3ccccc3C)C(=O)C(O)=C4C(C)C)c(O)c21. The van der Waals surface area contributed by atoms with Crippen LogP contribution in [0, 0.1) is 39.5 Å². The fourth-order valence-corrected chi connectivity index (χ4v) is 7.43. The summed E-state index contributed by atoms with van der Waals surface area (Å²) in [6, 6.07) is 18.8.